The zero-order chi connectivity index (χ0) is 55.0. The van der Waals surface area contributed by atoms with Gasteiger partial charge in [-0.15, -0.1) is 0 Å². The van der Waals surface area contributed by atoms with Crippen LogP contribution in [0.2, 0.25) is 0 Å². The van der Waals surface area contributed by atoms with Crippen LogP contribution in [0.1, 0.15) is 57.9 Å². The average Bonchev–Trinajstić information content (AvgIpc) is 4.46. The summed E-state index contributed by atoms with van der Waals surface area (Å²) in [5, 5.41) is 13.2. The summed E-state index contributed by atoms with van der Waals surface area (Å²) < 4.78 is 9.69. The molecule has 0 spiro atoms. The van der Waals surface area contributed by atoms with Crippen LogP contribution in [0.15, 0.2) is 231 Å². The molecule has 0 bridgehead atoms. The fraction of sp³-hybridized carbons (Fsp3) is 0.132. The second-order valence-electron chi connectivity index (χ2n) is 21.3. The van der Waals surface area contributed by atoms with Gasteiger partial charge in [-0.1, -0.05) is 166 Å². The number of rotatable bonds is 9. The zero-order valence-corrected chi connectivity index (χ0v) is 46.6. The molecule has 0 saturated carbocycles. The summed E-state index contributed by atoms with van der Waals surface area (Å²) in [5.41, 5.74) is 24.1. The van der Waals surface area contributed by atoms with Crippen LogP contribution in [-0.2, 0) is 6.54 Å². The summed E-state index contributed by atoms with van der Waals surface area (Å²) >= 11 is 0. The number of benzene rings is 8. The van der Waals surface area contributed by atoms with E-state index in [-0.39, 0.29) is 0 Å². The van der Waals surface area contributed by atoms with Gasteiger partial charge in [-0.05, 0) is 176 Å². The van der Waals surface area contributed by atoms with Crippen molar-refractivity contribution in [1.82, 2.24) is 18.3 Å². The van der Waals surface area contributed by atoms with E-state index in [4.69, 9.17) is 5.73 Å². The van der Waals surface area contributed by atoms with Gasteiger partial charge >= 0.3 is 0 Å². The molecule has 3 aliphatic rings. The molecule has 0 saturated heterocycles. The number of aryl methyl sites for hydroxylation is 1. The van der Waals surface area contributed by atoms with E-state index in [2.05, 4.69) is 250 Å². The maximum atomic E-state index is 5.48. The largest absolute Gasteiger partial charge is 0.405 e. The van der Waals surface area contributed by atoms with Crippen molar-refractivity contribution in [2.24, 2.45) is 5.73 Å². The highest BCUT2D eigenvalue weighted by atomic mass is 15.0. The molecule has 2 N–H and O–H groups in total. The molecule has 0 atom stereocenters. The molecule has 8 aromatic carbocycles. The molecule has 4 heterocycles. The Balaban J connectivity index is 0.000000148. The molecule has 12 aromatic rings. The van der Waals surface area contributed by atoms with E-state index in [1.807, 2.05) is 32.1 Å². The summed E-state index contributed by atoms with van der Waals surface area (Å²) in [6.45, 7) is 11.2. The number of hydrogen-bond donors (Lipinski definition) is 1. The minimum atomic E-state index is 0.718. The molecular formula is C76H67N5. The third-order valence-corrected chi connectivity index (χ3v) is 16.4. The van der Waals surface area contributed by atoms with E-state index in [9.17, 15) is 0 Å². The zero-order valence-electron chi connectivity index (χ0n) is 46.6. The second kappa shape index (κ2) is 21.9. The first kappa shape index (κ1) is 50.9. The predicted molar refractivity (Wildman–Crippen MR) is 349 cm³/mol. The molecule has 0 amide bonds. The van der Waals surface area contributed by atoms with Crippen molar-refractivity contribution >= 4 is 95.4 Å². The Morgan fingerprint density at radius 1 is 0.469 bits per heavy atom. The molecule has 4 aromatic heterocycles. The topological polar surface area (TPSA) is 45.7 Å². The first-order chi connectivity index (χ1) is 40.0. The van der Waals surface area contributed by atoms with Crippen LogP contribution >= 0.6 is 0 Å². The number of aromatic nitrogens is 4. The van der Waals surface area contributed by atoms with Crippen molar-refractivity contribution in [3.05, 3.63) is 257 Å². The molecular weight excluding hydrogens is 983 g/mol. The highest BCUT2D eigenvalue weighted by molar-refractivity contribution is 6.11. The van der Waals surface area contributed by atoms with Crippen LogP contribution < -0.4 is 26.9 Å². The number of nitrogens with two attached hydrogens (primary N) is 1. The first-order valence-corrected chi connectivity index (χ1v) is 28.9. The minimum Gasteiger partial charge on any atom is -0.405 e. The lowest BCUT2D eigenvalue weighted by Gasteiger charge is -2.14. The third-order valence-electron chi connectivity index (χ3n) is 16.4. The highest BCUT2D eigenvalue weighted by Crippen LogP contribution is 2.37. The molecule has 5 nitrogen and oxygen atoms in total. The summed E-state index contributed by atoms with van der Waals surface area (Å²) in [5.74, 6) is 0. The average molecular weight is 1050 g/mol. The SMILES string of the molecule is C=C(/C=C\C=C/N)Cn1c2ccccc2c2cc(-c3ccc4c(c3)c3c(n4-c4ccccc4)=CCCC=3)ccc21.CC.Cc1cccc(-n2c3ccccc3c3ccc(-c4ccc5c(c4)c4c(n5C5=CC=CCC5)=CCCC=4)cc32)c1. The van der Waals surface area contributed by atoms with E-state index in [1.165, 1.54) is 138 Å². The normalized spacial score (nSPS) is 13.8. The predicted octanol–water partition coefficient (Wildman–Crippen LogP) is 16.6. The Bertz CT molecular complexity index is 4840. The summed E-state index contributed by atoms with van der Waals surface area (Å²) in [6.07, 6.45) is 30.3. The maximum Gasteiger partial charge on any atom is 0.0547 e. The molecule has 81 heavy (non-hydrogen) atoms. The van der Waals surface area contributed by atoms with Gasteiger partial charge in [0.2, 0.25) is 0 Å². The molecule has 396 valence electrons. The number of para-hydroxylation sites is 3. The second-order valence-corrected chi connectivity index (χ2v) is 21.3. The molecule has 3 aliphatic carbocycles. The van der Waals surface area contributed by atoms with Crippen LogP contribution in [0, 0.1) is 6.92 Å². The van der Waals surface area contributed by atoms with Crippen LogP contribution in [0.5, 0.6) is 0 Å². The number of allylic oxidation sites excluding steroid dienone is 8. The van der Waals surface area contributed by atoms with Gasteiger partial charge < -0.3 is 24.0 Å². The van der Waals surface area contributed by atoms with Gasteiger partial charge in [-0.2, -0.15) is 0 Å². The van der Waals surface area contributed by atoms with Crippen LogP contribution in [0.4, 0.5) is 0 Å². The molecule has 15 rings (SSSR count). The first-order valence-electron chi connectivity index (χ1n) is 28.9. The van der Waals surface area contributed by atoms with Gasteiger partial charge in [0.05, 0.1) is 22.1 Å². The number of hydrogen-bond acceptors (Lipinski definition) is 1. The highest BCUT2D eigenvalue weighted by Gasteiger charge is 2.19. The van der Waals surface area contributed by atoms with Crippen molar-refractivity contribution in [2.45, 2.75) is 65.8 Å². The Morgan fingerprint density at radius 2 is 1.01 bits per heavy atom. The van der Waals surface area contributed by atoms with E-state index < -0.39 is 0 Å². The molecule has 0 aliphatic heterocycles. The lowest BCUT2D eigenvalue weighted by molar-refractivity contribution is 0.871. The smallest absolute Gasteiger partial charge is 0.0547 e. The van der Waals surface area contributed by atoms with Crippen LogP contribution in [0.25, 0.3) is 129 Å². The summed E-state index contributed by atoms with van der Waals surface area (Å²) in [4.78, 5) is 0. The molecule has 0 fully saturated rings. The van der Waals surface area contributed by atoms with Gasteiger partial charge in [-0.3, -0.25) is 0 Å². The van der Waals surface area contributed by atoms with Gasteiger partial charge in [0.25, 0.3) is 0 Å². The Kier molecular flexibility index (Phi) is 13.8. The van der Waals surface area contributed by atoms with E-state index >= 15 is 0 Å². The van der Waals surface area contributed by atoms with Gasteiger partial charge in [0, 0.05) is 88.1 Å². The summed E-state index contributed by atoms with van der Waals surface area (Å²) in [7, 11) is 0. The summed E-state index contributed by atoms with van der Waals surface area (Å²) in [6, 6.07) is 64.8. The Morgan fingerprint density at radius 3 is 1.69 bits per heavy atom. The fourth-order valence-corrected chi connectivity index (χ4v) is 12.8. The molecule has 0 radical (unpaired) electrons. The van der Waals surface area contributed by atoms with E-state index in [1.54, 1.807) is 0 Å². The number of nitrogens with zero attached hydrogens (tertiary/aromatic N) is 4. The monoisotopic (exact) mass is 1050 g/mol. The van der Waals surface area contributed by atoms with Crippen molar-refractivity contribution in [3.63, 3.8) is 0 Å². The third kappa shape index (κ3) is 9.19. The lowest BCUT2D eigenvalue weighted by atomic mass is 10.0. The Hall–Kier alpha value is -9.58. The fourth-order valence-electron chi connectivity index (χ4n) is 12.8. The van der Waals surface area contributed by atoms with Gasteiger partial charge in [-0.25, -0.2) is 0 Å². The van der Waals surface area contributed by atoms with E-state index in [0.717, 1.165) is 50.6 Å². The molecule has 5 heteroatoms. The quantitative estimate of drug-likeness (QED) is 0.144. The number of fused-ring (bicyclic) bond motifs is 12. The van der Waals surface area contributed by atoms with Crippen molar-refractivity contribution < 1.29 is 0 Å². The Labute approximate surface area is 473 Å². The van der Waals surface area contributed by atoms with Crippen molar-refractivity contribution in [1.29, 1.82) is 0 Å². The molecule has 0 unspecified atom stereocenters. The van der Waals surface area contributed by atoms with Gasteiger partial charge in [0.15, 0.2) is 0 Å². The van der Waals surface area contributed by atoms with E-state index in [0.29, 0.717) is 0 Å². The van der Waals surface area contributed by atoms with Crippen molar-refractivity contribution in [3.8, 4) is 33.6 Å². The van der Waals surface area contributed by atoms with Gasteiger partial charge in [0.1, 0.15) is 0 Å². The van der Waals surface area contributed by atoms with Crippen LogP contribution in [-0.4, -0.2) is 18.3 Å². The minimum absolute atomic E-state index is 0.718. The standard InChI is InChI=1S/C37H31N3.C37H30N2.C2H6/c1-26(11-9-10-22-38)25-39-34-16-7-5-14-30(34)32-23-27(18-20-35(32)39)28-19-21-37-33(24-28)31-15-6-8-17-36(31)40(37)29-12-3-2-4-13-29;1-25-10-9-13-29(22-25)39-34-16-7-5-14-30(34)32-20-18-27(24-37(32)39)26-19-21-36-33(23-26)31-15-6-8-17-35(31)38(36)28-11-3-2-4-12-28;1-2/h2-5,7,9-24H,1,6,8,25,38H2;2-3,5,7,9-11,13-24H,4,6,8,12H2,1H3;1-2H3/b11-9-,22-10-;;. The van der Waals surface area contributed by atoms with Crippen molar-refractivity contribution in [2.75, 3.05) is 0 Å². The van der Waals surface area contributed by atoms with Crippen LogP contribution in [0.3, 0.4) is 0 Å². The maximum absolute atomic E-state index is 5.48. The lowest BCUT2D eigenvalue weighted by Crippen LogP contribution is -2.30.